The van der Waals surface area contributed by atoms with Crippen LogP contribution >= 0.6 is 0 Å². The van der Waals surface area contributed by atoms with Crippen molar-refractivity contribution in [2.75, 3.05) is 29.0 Å². The molecule has 1 aromatic rings. The fraction of sp³-hybridized carbons (Fsp3) is 0.769. The molecule has 0 saturated carbocycles. The maximum Gasteiger partial charge on any atom is 0.231 e. The zero-order chi connectivity index (χ0) is 15.0. The molecule has 0 aromatic carbocycles. The quantitative estimate of drug-likeness (QED) is 0.757. The van der Waals surface area contributed by atoms with E-state index < -0.39 is 11.1 Å². The Hall–Kier alpha value is -1.63. The van der Waals surface area contributed by atoms with Gasteiger partial charge in [-0.1, -0.05) is 0 Å². The second kappa shape index (κ2) is 5.05. The van der Waals surface area contributed by atoms with E-state index in [9.17, 15) is 5.11 Å². The number of aliphatic hydroxyl groups is 1. The smallest absolute Gasteiger partial charge is 0.231 e. The van der Waals surface area contributed by atoms with Crippen molar-refractivity contribution in [2.45, 2.75) is 51.7 Å². The minimum atomic E-state index is -0.928. The van der Waals surface area contributed by atoms with Crippen molar-refractivity contribution in [2.24, 2.45) is 0 Å². The van der Waals surface area contributed by atoms with Crippen LogP contribution in [0.5, 0.6) is 0 Å². The second-order valence-corrected chi connectivity index (χ2v) is 6.32. The van der Waals surface area contributed by atoms with Crippen molar-refractivity contribution >= 4 is 17.8 Å². The molecule has 4 N–H and O–H groups in total. The summed E-state index contributed by atoms with van der Waals surface area (Å²) in [7, 11) is 0. The third kappa shape index (κ3) is 3.09. The molecule has 0 spiro atoms. The fourth-order valence-corrected chi connectivity index (χ4v) is 1.93. The topological polar surface area (TPSA) is 100 Å². The third-order valence-corrected chi connectivity index (χ3v) is 3.98. The minimum Gasteiger partial charge on any atom is -0.388 e. The summed E-state index contributed by atoms with van der Waals surface area (Å²) in [5.41, 5.74) is 4.24. The number of nitrogens with zero attached hydrogens (tertiary/aromatic N) is 4. The molecule has 112 valence electrons. The Morgan fingerprint density at radius 2 is 1.70 bits per heavy atom. The van der Waals surface area contributed by atoms with E-state index in [1.165, 1.54) is 0 Å². The first-order valence-electron chi connectivity index (χ1n) is 6.96. The largest absolute Gasteiger partial charge is 0.388 e. The molecule has 7 nitrogen and oxygen atoms in total. The summed E-state index contributed by atoms with van der Waals surface area (Å²) < 4.78 is 0. The van der Waals surface area contributed by atoms with Gasteiger partial charge in [-0.25, -0.2) is 0 Å². The second-order valence-electron chi connectivity index (χ2n) is 6.32. The summed E-state index contributed by atoms with van der Waals surface area (Å²) in [5.74, 6) is 1.19. The molecule has 0 amide bonds. The predicted octanol–water partition coefficient (Wildman–Crippen LogP) is 1.02. The van der Waals surface area contributed by atoms with Gasteiger partial charge in [0, 0.05) is 13.1 Å². The fourth-order valence-electron chi connectivity index (χ4n) is 1.93. The molecule has 1 saturated heterocycles. The first-order valence-corrected chi connectivity index (χ1v) is 6.96. The predicted molar refractivity (Wildman–Crippen MR) is 79.7 cm³/mol. The van der Waals surface area contributed by atoms with E-state index in [-0.39, 0.29) is 5.95 Å². The van der Waals surface area contributed by atoms with Gasteiger partial charge in [-0.2, -0.15) is 15.0 Å². The van der Waals surface area contributed by atoms with Crippen LogP contribution in [0.25, 0.3) is 0 Å². The van der Waals surface area contributed by atoms with Gasteiger partial charge >= 0.3 is 0 Å². The normalized spacial score (nSPS) is 16.6. The molecule has 7 heteroatoms. The van der Waals surface area contributed by atoms with E-state index in [1.54, 1.807) is 13.8 Å². The molecule has 1 aromatic heterocycles. The van der Waals surface area contributed by atoms with E-state index >= 15 is 0 Å². The van der Waals surface area contributed by atoms with E-state index in [2.05, 4.69) is 25.2 Å². The molecule has 1 fully saturated rings. The first-order chi connectivity index (χ1) is 9.19. The average molecular weight is 280 g/mol. The Balaban J connectivity index is 2.24. The summed E-state index contributed by atoms with van der Waals surface area (Å²) in [6.07, 6.45) is 2.28. The molecule has 0 aliphatic carbocycles. The standard InChI is InChI=1S/C13H24N6O/c1-12(2,13(3,4)20)18-10-15-9(14)16-11(17-10)19-7-5-6-8-19/h20H,5-8H2,1-4H3,(H3,14,15,16,17,18). The van der Waals surface area contributed by atoms with Crippen molar-refractivity contribution in [3.8, 4) is 0 Å². The number of rotatable bonds is 4. The Kier molecular flexibility index (Phi) is 3.73. The first kappa shape index (κ1) is 14.8. The monoisotopic (exact) mass is 280 g/mol. The Bertz CT molecular complexity index is 476. The molecule has 2 heterocycles. The van der Waals surface area contributed by atoms with Crippen LogP contribution in [0.15, 0.2) is 0 Å². The van der Waals surface area contributed by atoms with Gasteiger partial charge in [-0.15, -0.1) is 0 Å². The van der Waals surface area contributed by atoms with Crippen LogP contribution in [0.3, 0.4) is 0 Å². The van der Waals surface area contributed by atoms with E-state index in [0.29, 0.717) is 11.9 Å². The Morgan fingerprint density at radius 3 is 2.25 bits per heavy atom. The van der Waals surface area contributed by atoms with Crippen LogP contribution in [0.4, 0.5) is 17.8 Å². The average Bonchev–Trinajstić information content (AvgIpc) is 2.78. The molecule has 0 unspecified atom stereocenters. The van der Waals surface area contributed by atoms with Gasteiger partial charge in [0.05, 0.1) is 11.1 Å². The van der Waals surface area contributed by atoms with Gasteiger partial charge in [0.15, 0.2) is 0 Å². The molecule has 2 rings (SSSR count). The van der Waals surface area contributed by atoms with Gasteiger partial charge in [-0.3, -0.25) is 0 Å². The lowest BCUT2D eigenvalue weighted by Gasteiger charge is -2.38. The number of aromatic nitrogens is 3. The maximum absolute atomic E-state index is 10.2. The molecule has 20 heavy (non-hydrogen) atoms. The van der Waals surface area contributed by atoms with Gasteiger partial charge in [0.2, 0.25) is 17.8 Å². The Morgan fingerprint density at radius 1 is 1.10 bits per heavy atom. The van der Waals surface area contributed by atoms with Crippen molar-refractivity contribution < 1.29 is 5.11 Å². The molecular weight excluding hydrogens is 256 g/mol. The zero-order valence-corrected chi connectivity index (χ0v) is 12.6. The summed E-state index contributed by atoms with van der Waals surface area (Å²) in [6.45, 7) is 9.15. The van der Waals surface area contributed by atoms with Crippen molar-refractivity contribution in [3.63, 3.8) is 0 Å². The number of hydrogen-bond acceptors (Lipinski definition) is 7. The van der Waals surface area contributed by atoms with Crippen molar-refractivity contribution in [1.29, 1.82) is 0 Å². The minimum absolute atomic E-state index is 0.191. The number of nitrogens with one attached hydrogen (secondary N) is 1. The van der Waals surface area contributed by atoms with Crippen LogP contribution in [-0.4, -0.2) is 44.3 Å². The lowest BCUT2D eigenvalue weighted by atomic mass is 9.86. The van der Waals surface area contributed by atoms with Gasteiger partial charge in [0.1, 0.15) is 0 Å². The van der Waals surface area contributed by atoms with Gasteiger partial charge < -0.3 is 21.1 Å². The maximum atomic E-state index is 10.2. The SMILES string of the molecule is CC(C)(O)C(C)(C)Nc1nc(N)nc(N2CCCC2)n1. The molecule has 0 radical (unpaired) electrons. The van der Waals surface area contributed by atoms with Gasteiger partial charge in [-0.05, 0) is 40.5 Å². The van der Waals surface area contributed by atoms with Crippen LogP contribution in [-0.2, 0) is 0 Å². The highest BCUT2D eigenvalue weighted by molar-refractivity contribution is 5.44. The van der Waals surface area contributed by atoms with Crippen LogP contribution in [0, 0.1) is 0 Å². The number of nitrogens with two attached hydrogens (primary N) is 1. The lowest BCUT2D eigenvalue weighted by molar-refractivity contribution is 0.0237. The summed E-state index contributed by atoms with van der Waals surface area (Å²) >= 11 is 0. The molecular formula is C13H24N6O. The highest BCUT2D eigenvalue weighted by Crippen LogP contribution is 2.25. The zero-order valence-electron chi connectivity index (χ0n) is 12.6. The van der Waals surface area contributed by atoms with Crippen LogP contribution in [0.1, 0.15) is 40.5 Å². The van der Waals surface area contributed by atoms with Crippen LogP contribution < -0.4 is 16.0 Å². The summed E-state index contributed by atoms with van der Waals surface area (Å²) in [6, 6.07) is 0. The van der Waals surface area contributed by atoms with E-state index in [4.69, 9.17) is 5.73 Å². The molecule has 0 atom stereocenters. The number of anilines is 3. The summed E-state index contributed by atoms with van der Waals surface area (Å²) in [4.78, 5) is 14.8. The van der Waals surface area contributed by atoms with E-state index in [1.807, 2.05) is 13.8 Å². The number of nitrogen functional groups attached to an aromatic ring is 1. The highest BCUT2D eigenvalue weighted by atomic mass is 16.3. The van der Waals surface area contributed by atoms with Crippen LogP contribution in [0.2, 0.25) is 0 Å². The third-order valence-electron chi connectivity index (χ3n) is 3.98. The molecule has 1 aliphatic heterocycles. The van der Waals surface area contributed by atoms with Gasteiger partial charge in [0.25, 0.3) is 0 Å². The van der Waals surface area contributed by atoms with E-state index in [0.717, 1.165) is 25.9 Å². The lowest BCUT2D eigenvalue weighted by Crippen LogP contribution is -2.51. The summed E-state index contributed by atoms with van der Waals surface area (Å²) in [5, 5.41) is 13.3. The van der Waals surface area contributed by atoms with Crippen molar-refractivity contribution in [3.05, 3.63) is 0 Å². The Labute approximate surface area is 119 Å². The number of hydrogen-bond donors (Lipinski definition) is 3. The molecule has 0 bridgehead atoms. The molecule has 1 aliphatic rings. The highest BCUT2D eigenvalue weighted by Gasteiger charge is 2.35. The van der Waals surface area contributed by atoms with Crippen molar-refractivity contribution in [1.82, 2.24) is 15.0 Å².